The highest BCUT2D eigenvalue weighted by Crippen LogP contribution is 2.04. The van der Waals surface area contributed by atoms with Gasteiger partial charge in [-0.1, -0.05) is 6.42 Å². The van der Waals surface area contributed by atoms with Gasteiger partial charge in [-0.3, -0.25) is 19.2 Å². The summed E-state index contributed by atoms with van der Waals surface area (Å²) in [5.41, 5.74) is 16.9. The van der Waals surface area contributed by atoms with Crippen LogP contribution in [0, 0.1) is 0 Å². The van der Waals surface area contributed by atoms with Crippen LogP contribution in [-0.2, 0) is 30.4 Å². The number of hydrogen-bond acceptors (Lipinski definition) is 8. The number of amides is 4. The van der Waals surface area contributed by atoms with E-state index >= 15 is 0 Å². The number of rotatable bonds is 16. The average molecular weight is 483 g/mol. The monoisotopic (exact) mass is 482 g/mol. The highest BCUT2D eigenvalue weighted by molar-refractivity contribution is 5.94. The van der Waals surface area contributed by atoms with E-state index in [1.165, 1.54) is 19.4 Å². The third-order valence-electron chi connectivity index (χ3n) is 4.96. The third-order valence-corrected chi connectivity index (χ3v) is 4.96. The summed E-state index contributed by atoms with van der Waals surface area (Å²) < 4.78 is 0. The van der Waals surface area contributed by atoms with Crippen LogP contribution in [0.25, 0.3) is 0 Å². The smallest absolute Gasteiger partial charge is 0.326 e. The van der Waals surface area contributed by atoms with E-state index in [1.54, 1.807) is 0 Å². The van der Waals surface area contributed by atoms with Crippen LogP contribution in [-0.4, -0.2) is 75.4 Å². The predicted molar refractivity (Wildman–Crippen MR) is 121 cm³/mol. The number of H-pyrrole nitrogens is 1. The molecule has 14 nitrogen and oxygen atoms in total. The molecule has 1 rings (SSSR count). The second-order valence-electron chi connectivity index (χ2n) is 7.87. The van der Waals surface area contributed by atoms with Crippen molar-refractivity contribution in [1.82, 2.24) is 25.9 Å². The maximum atomic E-state index is 12.9. The molecule has 1 aromatic rings. The van der Waals surface area contributed by atoms with Gasteiger partial charge in [-0.25, -0.2) is 9.78 Å². The minimum Gasteiger partial charge on any atom is -0.480 e. The highest BCUT2D eigenvalue weighted by Gasteiger charge is 2.28. The summed E-state index contributed by atoms with van der Waals surface area (Å²) in [4.78, 5) is 66.7. The van der Waals surface area contributed by atoms with Crippen molar-refractivity contribution >= 4 is 29.6 Å². The lowest BCUT2D eigenvalue weighted by Gasteiger charge is -2.23. The van der Waals surface area contributed by atoms with Crippen molar-refractivity contribution in [1.29, 1.82) is 0 Å². The number of nitrogens with one attached hydrogen (secondary N) is 4. The Labute approximate surface area is 196 Å². The summed E-state index contributed by atoms with van der Waals surface area (Å²) in [5, 5.41) is 16.5. The van der Waals surface area contributed by atoms with Crippen LogP contribution < -0.4 is 33.2 Å². The van der Waals surface area contributed by atoms with Crippen LogP contribution in [0.15, 0.2) is 12.5 Å². The van der Waals surface area contributed by atoms with Gasteiger partial charge in [0.25, 0.3) is 0 Å². The number of aromatic nitrogens is 2. The van der Waals surface area contributed by atoms with Crippen LogP contribution >= 0.6 is 0 Å². The van der Waals surface area contributed by atoms with Gasteiger partial charge < -0.3 is 43.2 Å². The molecule has 0 spiro atoms. The molecule has 0 aliphatic carbocycles. The first kappa shape index (κ1) is 28.5. The van der Waals surface area contributed by atoms with Gasteiger partial charge in [0, 0.05) is 24.7 Å². The van der Waals surface area contributed by atoms with E-state index in [-0.39, 0.29) is 19.3 Å². The number of nitrogens with zero attached hydrogens (tertiary/aromatic N) is 1. The zero-order valence-electron chi connectivity index (χ0n) is 19.1. The molecule has 0 saturated heterocycles. The molecule has 11 N–H and O–H groups in total. The summed E-state index contributed by atoms with van der Waals surface area (Å²) in [6.45, 7) is 1.83. The first-order chi connectivity index (χ1) is 16.0. The maximum Gasteiger partial charge on any atom is 0.326 e. The van der Waals surface area contributed by atoms with Crippen molar-refractivity contribution in [3.05, 3.63) is 18.2 Å². The summed E-state index contributed by atoms with van der Waals surface area (Å²) in [6, 6.07) is -4.41. The van der Waals surface area contributed by atoms with Gasteiger partial charge in [-0.05, 0) is 32.7 Å². The number of carbonyl (C=O) groups excluding carboxylic acids is 4. The molecule has 190 valence electrons. The van der Waals surface area contributed by atoms with E-state index in [1.807, 2.05) is 0 Å². The Morgan fingerprint density at radius 2 is 1.71 bits per heavy atom. The molecular formula is C20H34N8O6. The lowest BCUT2D eigenvalue weighted by molar-refractivity contribution is -0.142. The van der Waals surface area contributed by atoms with E-state index in [0.29, 0.717) is 31.5 Å². The van der Waals surface area contributed by atoms with Crippen molar-refractivity contribution in [2.45, 2.75) is 69.6 Å². The number of unbranched alkanes of at least 4 members (excludes halogenated alkanes) is 1. The van der Waals surface area contributed by atoms with E-state index < -0.39 is 53.8 Å². The number of carboxylic acids is 1. The number of aromatic amines is 1. The number of carboxylic acid groups (broad SMARTS) is 1. The quantitative estimate of drug-likeness (QED) is 0.113. The maximum absolute atomic E-state index is 12.9. The Bertz CT molecular complexity index is 831. The van der Waals surface area contributed by atoms with Crippen LogP contribution in [0.1, 0.15) is 44.7 Å². The molecule has 0 fully saturated rings. The molecule has 34 heavy (non-hydrogen) atoms. The minimum atomic E-state index is -1.36. The molecule has 0 saturated carbocycles. The first-order valence-corrected chi connectivity index (χ1v) is 10.9. The van der Waals surface area contributed by atoms with Crippen molar-refractivity contribution in [2.24, 2.45) is 17.2 Å². The Balaban J connectivity index is 2.79. The molecule has 0 aliphatic heterocycles. The fourth-order valence-electron chi connectivity index (χ4n) is 2.96. The van der Waals surface area contributed by atoms with Crippen molar-refractivity contribution in [2.75, 3.05) is 6.54 Å². The molecule has 4 unspecified atom stereocenters. The van der Waals surface area contributed by atoms with Gasteiger partial charge in [-0.15, -0.1) is 0 Å². The van der Waals surface area contributed by atoms with Crippen molar-refractivity contribution in [3.8, 4) is 0 Å². The Morgan fingerprint density at radius 1 is 1.03 bits per heavy atom. The number of hydrogen-bond donors (Lipinski definition) is 8. The van der Waals surface area contributed by atoms with Crippen molar-refractivity contribution in [3.63, 3.8) is 0 Å². The zero-order chi connectivity index (χ0) is 25.7. The highest BCUT2D eigenvalue weighted by atomic mass is 16.4. The summed E-state index contributed by atoms with van der Waals surface area (Å²) >= 11 is 0. The fourth-order valence-corrected chi connectivity index (χ4v) is 2.96. The van der Waals surface area contributed by atoms with E-state index in [2.05, 4.69) is 25.9 Å². The molecule has 0 aromatic carbocycles. The van der Waals surface area contributed by atoms with Gasteiger partial charge in [-0.2, -0.15) is 0 Å². The summed E-state index contributed by atoms with van der Waals surface area (Å²) in [6.07, 6.45) is 4.28. The number of primary amides is 1. The minimum absolute atomic E-state index is 0.0534. The molecular weight excluding hydrogens is 448 g/mol. The van der Waals surface area contributed by atoms with Crippen LogP contribution in [0.5, 0.6) is 0 Å². The molecule has 1 heterocycles. The topological polar surface area (TPSA) is 248 Å². The number of nitrogens with two attached hydrogens (primary N) is 3. The van der Waals surface area contributed by atoms with E-state index in [0.717, 1.165) is 0 Å². The molecule has 1 aromatic heterocycles. The third kappa shape index (κ3) is 10.4. The molecule has 0 radical (unpaired) electrons. The van der Waals surface area contributed by atoms with E-state index in [4.69, 9.17) is 17.2 Å². The van der Waals surface area contributed by atoms with Crippen LogP contribution in [0.3, 0.4) is 0 Å². The Morgan fingerprint density at radius 3 is 2.26 bits per heavy atom. The van der Waals surface area contributed by atoms with Crippen LogP contribution in [0.4, 0.5) is 0 Å². The Hall–Kier alpha value is -3.52. The van der Waals surface area contributed by atoms with Gasteiger partial charge in [0.2, 0.25) is 23.6 Å². The lowest BCUT2D eigenvalue weighted by atomic mass is 10.1. The molecule has 0 aliphatic rings. The summed E-state index contributed by atoms with van der Waals surface area (Å²) in [5.74, 6) is -4.05. The van der Waals surface area contributed by atoms with Crippen molar-refractivity contribution < 1.29 is 29.1 Å². The predicted octanol–water partition coefficient (Wildman–Crippen LogP) is -2.77. The second-order valence-corrected chi connectivity index (χ2v) is 7.87. The SMILES string of the molecule is CC(NC(=O)C(Cc1cnc[nH]1)NC(=O)C(N)CCCCN)C(=O)NC(CCC(N)=O)C(=O)O. The van der Waals surface area contributed by atoms with E-state index in [9.17, 15) is 29.1 Å². The average Bonchev–Trinajstić information content (AvgIpc) is 3.28. The van der Waals surface area contributed by atoms with Gasteiger partial charge in [0.05, 0.1) is 12.4 Å². The molecule has 4 amide bonds. The number of carbonyl (C=O) groups is 5. The first-order valence-electron chi connectivity index (χ1n) is 10.9. The van der Waals surface area contributed by atoms with Gasteiger partial charge >= 0.3 is 5.97 Å². The number of aliphatic carboxylic acids is 1. The molecule has 14 heteroatoms. The fraction of sp³-hybridized carbons (Fsp3) is 0.600. The Kier molecular flexibility index (Phi) is 12.2. The largest absolute Gasteiger partial charge is 0.480 e. The molecule has 4 atom stereocenters. The molecule has 0 bridgehead atoms. The van der Waals surface area contributed by atoms with Gasteiger partial charge in [0.1, 0.15) is 18.1 Å². The summed E-state index contributed by atoms with van der Waals surface area (Å²) in [7, 11) is 0. The van der Waals surface area contributed by atoms with Crippen LogP contribution in [0.2, 0.25) is 0 Å². The number of imidazole rings is 1. The standard InChI is InChI=1S/C20H34N8O6/c1-11(17(30)27-14(20(33)34)5-6-16(23)29)26-19(32)15(8-12-9-24-10-25-12)28-18(31)13(22)4-2-3-7-21/h9-11,13-15H,2-8,21-22H2,1H3,(H2,23,29)(H,24,25)(H,26,32)(H,27,30)(H,28,31)(H,33,34). The zero-order valence-corrected chi connectivity index (χ0v) is 19.1. The lowest BCUT2D eigenvalue weighted by Crippen LogP contribution is -2.57. The van der Waals surface area contributed by atoms with Gasteiger partial charge in [0.15, 0.2) is 0 Å². The second kappa shape index (κ2) is 14.6. The normalized spacial score (nSPS) is 14.3.